The van der Waals surface area contributed by atoms with E-state index in [1.807, 2.05) is 109 Å². The van der Waals surface area contributed by atoms with Crippen molar-refractivity contribution >= 4 is 11.8 Å². The minimum absolute atomic E-state index is 0.118. The number of nitriles is 2. The lowest BCUT2D eigenvalue weighted by atomic mass is 10.0. The van der Waals surface area contributed by atoms with E-state index in [1.54, 1.807) is 9.80 Å². The van der Waals surface area contributed by atoms with Crippen molar-refractivity contribution in [2.45, 2.75) is 90.1 Å². The molecule has 4 aromatic rings. The van der Waals surface area contributed by atoms with Gasteiger partial charge in [-0.05, 0) is 72.2 Å². The monoisotopic (exact) mass is 726 g/mol. The van der Waals surface area contributed by atoms with E-state index in [1.165, 1.54) is 39.5 Å². The number of carbonyl (C=O) groups excluding carboxylic acids is 2. The number of benzene rings is 4. The van der Waals surface area contributed by atoms with Crippen LogP contribution in [0.5, 0.6) is 11.5 Å². The first-order valence-corrected chi connectivity index (χ1v) is 19.3. The van der Waals surface area contributed by atoms with E-state index in [0.29, 0.717) is 39.1 Å². The molecule has 0 heterocycles. The molecule has 0 saturated carbocycles. The van der Waals surface area contributed by atoms with E-state index in [9.17, 15) is 20.1 Å². The van der Waals surface area contributed by atoms with Crippen LogP contribution in [0.3, 0.4) is 0 Å². The molecular weight excluding hydrogens is 673 g/mol. The zero-order chi connectivity index (χ0) is 38.4. The quantitative estimate of drug-likeness (QED) is 0.0705. The predicted octanol–water partition coefficient (Wildman–Crippen LogP) is 9.58. The molecule has 282 valence electrons. The van der Waals surface area contributed by atoms with Gasteiger partial charge in [0.1, 0.15) is 23.6 Å². The van der Waals surface area contributed by atoms with Crippen LogP contribution in [0, 0.1) is 22.7 Å². The molecule has 8 nitrogen and oxygen atoms in total. The molecule has 0 radical (unpaired) electrons. The molecule has 0 spiro atoms. The summed E-state index contributed by atoms with van der Waals surface area (Å²) in [5.41, 5.74) is 3.84. The minimum atomic E-state index is -0.641. The second-order valence-corrected chi connectivity index (χ2v) is 13.6. The van der Waals surface area contributed by atoms with Crippen LogP contribution in [-0.4, -0.2) is 47.9 Å². The lowest BCUT2D eigenvalue weighted by molar-refractivity contribution is -0.131. The SMILES string of the molecule is CC(=O)N(CCc1ccccc1)[C@H](C#N)c1ccc(OCCCCCCCCCCOc2ccc([C@@H](C#N)N(CCc3ccccc3)C(C)=O)cc2)cc1. The third-order valence-corrected chi connectivity index (χ3v) is 9.61. The molecule has 0 aliphatic carbocycles. The fourth-order valence-corrected chi connectivity index (χ4v) is 6.51. The van der Waals surface area contributed by atoms with Crippen molar-refractivity contribution in [3.63, 3.8) is 0 Å². The van der Waals surface area contributed by atoms with Gasteiger partial charge in [0, 0.05) is 26.9 Å². The van der Waals surface area contributed by atoms with Crippen LogP contribution in [0.1, 0.15) is 99.6 Å². The van der Waals surface area contributed by atoms with Gasteiger partial charge >= 0.3 is 0 Å². The van der Waals surface area contributed by atoms with Crippen LogP contribution < -0.4 is 9.47 Å². The van der Waals surface area contributed by atoms with Crippen molar-refractivity contribution in [2.24, 2.45) is 0 Å². The summed E-state index contributed by atoms with van der Waals surface area (Å²) in [6.45, 7) is 5.28. The standard InChI is InChI=1S/C46H54N4O4/c1-37(51)49(31-29-39-17-11-9-12-18-39)45(35-47)41-21-25-43(26-22-41)53-33-15-7-5-3-4-6-8-16-34-54-44-27-23-42(24-28-44)46(36-48)50(38(2)52)32-30-40-19-13-10-14-20-40/h9-14,17-28,45-46H,3-8,15-16,29-34H2,1-2H3/t45-,46-/m1/s1. The summed E-state index contributed by atoms with van der Waals surface area (Å²) >= 11 is 0. The molecule has 0 aliphatic rings. The molecule has 2 atom stereocenters. The number of rotatable bonds is 23. The zero-order valence-corrected chi connectivity index (χ0v) is 31.9. The van der Waals surface area contributed by atoms with Gasteiger partial charge in [-0.3, -0.25) is 9.59 Å². The van der Waals surface area contributed by atoms with Crippen molar-refractivity contribution in [2.75, 3.05) is 26.3 Å². The Labute approximate surface area is 321 Å². The van der Waals surface area contributed by atoms with E-state index in [4.69, 9.17) is 9.47 Å². The molecule has 8 heteroatoms. The highest BCUT2D eigenvalue weighted by Gasteiger charge is 2.23. The fraction of sp³-hybridized carbons (Fsp3) is 0.391. The topological polar surface area (TPSA) is 107 Å². The van der Waals surface area contributed by atoms with Gasteiger partial charge in [0.2, 0.25) is 11.8 Å². The van der Waals surface area contributed by atoms with Crippen LogP contribution in [-0.2, 0) is 22.4 Å². The van der Waals surface area contributed by atoms with E-state index >= 15 is 0 Å². The largest absolute Gasteiger partial charge is 0.494 e. The van der Waals surface area contributed by atoms with Crippen LogP contribution in [0.2, 0.25) is 0 Å². The summed E-state index contributed by atoms with van der Waals surface area (Å²) in [5.74, 6) is 1.31. The van der Waals surface area contributed by atoms with E-state index in [2.05, 4.69) is 12.1 Å². The number of nitrogens with zero attached hydrogens (tertiary/aromatic N) is 4. The lowest BCUT2D eigenvalue weighted by Crippen LogP contribution is -2.34. The molecule has 54 heavy (non-hydrogen) atoms. The average Bonchev–Trinajstić information content (AvgIpc) is 3.19. The second-order valence-electron chi connectivity index (χ2n) is 13.6. The van der Waals surface area contributed by atoms with Crippen LogP contribution in [0.15, 0.2) is 109 Å². The second kappa shape index (κ2) is 23.1. The smallest absolute Gasteiger partial charge is 0.220 e. The third kappa shape index (κ3) is 13.7. The predicted molar refractivity (Wildman–Crippen MR) is 213 cm³/mol. The van der Waals surface area contributed by atoms with E-state index in [-0.39, 0.29) is 11.8 Å². The van der Waals surface area contributed by atoms with Crippen molar-refractivity contribution < 1.29 is 19.1 Å². The molecule has 0 unspecified atom stereocenters. The average molecular weight is 727 g/mol. The summed E-state index contributed by atoms with van der Waals surface area (Å²) < 4.78 is 11.9. The van der Waals surface area contributed by atoms with Gasteiger partial charge in [0.25, 0.3) is 0 Å². The number of amides is 2. The molecule has 0 aliphatic heterocycles. The Kier molecular flexibility index (Phi) is 17.6. The third-order valence-electron chi connectivity index (χ3n) is 9.61. The van der Waals surface area contributed by atoms with E-state index < -0.39 is 12.1 Å². The lowest BCUT2D eigenvalue weighted by Gasteiger charge is -2.26. The van der Waals surface area contributed by atoms with Crippen LogP contribution in [0.4, 0.5) is 0 Å². The van der Waals surface area contributed by atoms with Gasteiger partial charge in [0.05, 0.1) is 25.4 Å². The molecular formula is C46H54N4O4. The highest BCUT2D eigenvalue weighted by atomic mass is 16.5. The highest BCUT2D eigenvalue weighted by Crippen LogP contribution is 2.25. The highest BCUT2D eigenvalue weighted by molar-refractivity contribution is 5.75. The number of carbonyl (C=O) groups is 2. The molecule has 0 fully saturated rings. The zero-order valence-electron chi connectivity index (χ0n) is 31.9. The molecule has 0 aromatic heterocycles. The minimum Gasteiger partial charge on any atom is -0.494 e. The number of hydrogen-bond acceptors (Lipinski definition) is 6. The van der Waals surface area contributed by atoms with Gasteiger partial charge < -0.3 is 19.3 Å². The number of unbranched alkanes of at least 4 members (excludes halogenated alkanes) is 7. The van der Waals surface area contributed by atoms with Crippen molar-refractivity contribution in [3.8, 4) is 23.6 Å². The van der Waals surface area contributed by atoms with Gasteiger partial charge in [-0.25, -0.2) is 0 Å². The van der Waals surface area contributed by atoms with Crippen molar-refractivity contribution in [1.29, 1.82) is 10.5 Å². The van der Waals surface area contributed by atoms with Gasteiger partial charge in [-0.2, -0.15) is 10.5 Å². The van der Waals surface area contributed by atoms with Crippen molar-refractivity contribution in [1.82, 2.24) is 9.80 Å². The summed E-state index contributed by atoms with van der Waals surface area (Å²) in [7, 11) is 0. The molecule has 0 saturated heterocycles. The normalized spacial score (nSPS) is 11.8. The van der Waals surface area contributed by atoms with Gasteiger partial charge in [0.15, 0.2) is 0 Å². The number of hydrogen-bond donors (Lipinski definition) is 0. The first kappa shape index (κ1) is 41.2. The summed E-state index contributed by atoms with van der Waals surface area (Å²) in [5, 5.41) is 19.8. The molecule has 2 amide bonds. The summed E-state index contributed by atoms with van der Waals surface area (Å²) in [6.07, 6.45) is 10.4. The molecule has 4 rings (SSSR count). The Morgan fingerprint density at radius 2 is 0.852 bits per heavy atom. The Balaban J connectivity index is 1.05. The Bertz CT molecular complexity index is 1630. The van der Waals surface area contributed by atoms with E-state index in [0.717, 1.165) is 59.4 Å². The first-order valence-electron chi connectivity index (χ1n) is 19.3. The van der Waals surface area contributed by atoms with Crippen LogP contribution >= 0.6 is 0 Å². The molecule has 0 bridgehead atoms. The Morgan fingerprint density at radius 1 is 0.519 bits per heavy atom. The van der Waals surface area contributed by atoms with Gasteiger partial charge in [-0.15, -0.1) is 0 Å². The maximum absolute atomic E-state index is 12.4. The number of ether oxygens (including phenoxy) is 2. The van der Waals surface area contributed by atoms with Crippen molar-refractivity contribution in [3.05, 3.63) is 131 Å². The fourth-order valence-electron chi connectivity index (χ4n) is 6.51. The van der Waals surface area contributed by atoms with Gasteiger partial charge in [-0.1, -0.05) is 123 Å². The molecule has 4 aromatic carbocycles. The molecule has 0 N–H and O–H groups in total. The Hall–Kier alpha value is -5.60. The first-order chi connectivity index (χ1) is 26.4. The van der Waals surface area contributed by atoms with Crippen LogP contribution in [0.25, 0.3) is 0 Å². The summed E-state index contributed by atoms with van der Waals surface area (Å²) in [4.78, 5) is 28.1. The summed E-state index contributed by atoms with van der Waals surface area (Å²) in [6, 6.07) is 38.4. The Morgan fingerprint density at radius 3 is 1.17 bits per heavy atom. The maximum atomic E-state index is 12.4. The maximum Gasteiger partial charge on any atom is 0.220 e.